The molecule has 1 unspecified atom stereocenters. The minimum atomic E-state index is 0.549. The van der Waals surface area contributed by atoms with E-state index in [-0.39, 0.29) is 0 Å². The van der Waals surface area contributed by atoms with Crippen molar-refractivity contribution in [2.75, 3.05) is 6.26 Å². The van der Waals surface area contributed by atoms with Crippen molar-refractivity contribution in [3.63, 3.8) is 0 Å². The van der Waals surface area contributed by atoms with Gasteiger partial charge in [0, 0.05) is 5.25 Å². The lowest BCUT2D eigenvalue weighted by molar-refractivity contribution is 0.884. The molecule has 0 aromatic heterocycles. The van der Waals surface area contributed by atoms with Gasteiger partial charge in [0.15, 0.2) is 0 Å². The van der Waals surface area contributed by atoms with Crippen molar-refractivity contribution in [3.8, 4) is 0 Å². The van der Waals surface area contributed by atoms with Crippen LogP contribution < -0.4 is 0 Å². The molecule has 0 aromatic carbocycles. The SMILES string of the molecule is [CH2]C(CCC=C)SC. The highest BCUT2D eigenvalue weighted by Crippen LogP contribution is 2.10. The Kier molecular flexibility index (Phi) is 5.29. The Bertz CT molecular complexity index is 59.4. The van der Waals surface area contributed by atoms with Crippen LogP contribution in [0.4, 0.5) is 0 Å². The summed E-state index contributed by atoms with van der Waals surface area (Å²) in [5.41, 5.74) is 0. The first-order valence-electron chi connectivity index (χ1n) is 2.78. The van der Waals surface area contributed by atoms with Crippen LogP contribution in [0.1, 0.15) is 12.8 Å². The van der Waals surface area contributed by atoms with Gasteiger partial charge in [-0.25, -0.2) is 0 Å². The fourth-order valence-corrected chi connectivity index (χ4v) is 0.793. The molecule has 1 radical (unpaired) electrons. The summed E-state index contributed by atoms with van der Waals surface area (Å²) in [7, 11) is 0. The number of rotatable bonds is 4. The number of allylic oxidation sites excluding steroid dienone is 1. The molecule has 47 valence electrons. The van der Waals surface area contributed by atoms with Gasteiger partial charge < -0.3 is 0 Å². The normalized spacial score (nSPS) is 13.2. The summed E-state index contributed by atoms with van der Waals surface area (Å²) in [6.45, 7) is 7.54. The highest BCUT2D eigenvalue weighted by molar-refractivity contribution is 7.99. The van der Waals surface area contributed by atoms with Crippen molar-refractivity contribution in [1.29, 1.82) is 0 Å². The highest BCUT2D eigenvalue weighted by Gasteiger charge is 1.94. The highest BCUT2D eigenvalue weighted by atomic mass is 32.2. The lowest BCUT2D eigenvalue weighted by Gasteiger charge is -2.02. The molecule has 0 amide bonds. The van der Waals surface area contributed by atoms with Crippen molar-refractivity contribution in [1.82, 2.24) is 0 Å². The van der Waals surface area contributed by atoms with Crippen molar-refractivity contribution < 1.29 is 0 Å². The van der Waals surface area contributed by atoms with Gasteiger partial charge in [-0.15, -0.1) is 6.58 Å². The molecular weight excluding hydrogens is 116 g/mol. The topological polar surface area (TPSA) is 0 Å². The third-order valence-corrected chi connectivity index (χ3v) is 1.93. The van der Waals surface area contributed by atoms with E-state index in [1.54, 1.807) is 11.8 Å². The number of hydrogen-bond donors (Lipinski definition) is 0. The van der Waals surface area contributed by atoms with Crippen LogP contribution in [0.2, 0.25) is 0 Å². The van der Waals surface area contributed by atoms with E-state index in [0.717, 1.165) is 12.8 Å². The lowest BCUT2D eigenvalue weighted by Crippen LogP contribution is -1.92. The van der Waals surface area contributed by atoms with E-state index in [9.17, 15) is 0 Å². The quantitative estimate of drug-likeness (QED) is 0.526. The second-order valence-electron chi connectivity index (χ2n) is 1.72. The van der Waals surface area contributed by atoms with Crippen LogP contribution in [0.25, 0.3) is 0 Å². The van der Waals surface area contributed by atoms with Gasteiger partial charge in [0.2, 0.25) is 0 Å². The Morgan fingerprint density at radius 1 is 1.75 bits per heavy atom. The van der Waals surface area contributed by atoms with Gasteiger partial charge in [-0.2, -0.15) is 11.8 Å². The van der Waals surface area contributed by atoms with E-state index in [1.807, 2.05) is 6.08 Å². The number of hydrogen-bond acceptors (Lipinski definition) is 1. The zero-order chi connectivity index (χ0) is 6.41. The van der Waals surface area contributed by atoms with Crippen LogP contribution in [0, 0.1) is 6.92 Å². The van der Waals surface area contributed by atoms with E-state index in [1.165, 1.54) is 0 Å². The maximum absolute atomic E-state index is 3.91. The van der Waals surface area contributed by atoms with Crippen molar-refractivity contribution in [2.24, 2.45) is 0 Å². The van der Waals surface area contributed by atoms with Crippen LogP contribution in [-0.2, 0) is 0 Å². The predicted octanol–water partition coefficient (Wildman–Crippen LogP) is 2.52. The molecule has 0 nitrogen and oxygen atoms in total. The summed E-state index contributed by atoms with van der Waals surface area (Å²) in [5, 5.41) is 0.549. The molecule has 0 bridgehead atoms. The van der Waals surface area contributed by atoms with E-state index >= 15 is 0 Å². The van der Waals surface area contributed by atoms with Gasteiger partial charge in [-0.3, -0.25) is 0 Å². The fraction of sp³-hybridized carbons (Fsp3) is 0.571. The van der Waals surface area contributed by atoms with Crippen LogP contribution in [0.3, 0.4) is 0 Å². The molecular formula is C7H13S. The average Bonchev–Trinajstić information content (AvgIpc) is 1.83. The second kappa shape index (κ2) is 5.23. The largest absolute Gasteiger partial charge is 0.162 e. The molecule has 0 aliphatic carbocycles. The third kappa shape index (κ3) is 4.25. The Morgan fingerprint density at radius 2 is 2.38 bits per heavy atom. The van der Waals surface area contributed by atoms with Crippen LogP contribution in [0.5, 0.6) is 0 Å². The smallest absolute Gasteiger partial charge is 0.00476 e. The molecule has 0 heterocycles. The van der Waals surface area contributed by atoms with Crippen LogP contribution in [-0.4, -0.2) is 11.5 Å². The Labute approximate surface area is 56.4 Å². The summed E-state index contributed by atoms with van der Waals surface area (Å²) >= 11 is 1.81. The molecule has 1 atom stereocenters. The van der Waals surface area contributed by atoms with Crippen LogP contribution in [0.15, 0.2) is 12.7 Å². The first-order valence-corrected chi connectivity index (χ1v) is 4.06. The fourth-order valence-electron chi connectivity index (χ4n) is 0.422. The summed E-state index contributed by atoms with van der Waals surface area (Å²) in [5.74, 6) is 0. The molecule has 0 fully saturated rings. The van der Waals surface area contributed by atoms with E-state index in [4.69, 9.17) is 0 Å². The molecule has 0 N–H and O–H groups in total. The first kappa shape index (κ1) is 8.09. The molecule has 0 saturated heterocycles. The first-order chi connectivity index (χ1) is 3.81. The van der Waals surface area contributed by atoms with E-state index in [2.05, 4.69) is 19.8 Å². The van der Waals surface area contributed by atoms with Crippen molar-refractivity contribution in [2.45, 2.75) is 18.1 Å². The molecule has 0 aliphatic heterocycles. The molecule has 0 aromatic rings. The summed E-state index contributed by atoms with van der Waals surface area (Å²) < 4.78 is 0. The molecule has 0 aliphatic rings. The minimum Gasteiger partial charge on any atom is -0.162 e. The minimum absolute atomic E-state index is 0.549. The Hall–Kier alpha value is 0.0900. The zero-order valence-corrected chi connectivity index (χ0v) is 6.21. The van der Waals surface area contributed by atoms with Gasteiger partial charge >= 0.3 is 0 Å². The van der Waals surface area contributed by atoms with Gasteiger partial charge in [0.1, 0.15) is 0 Å². The van der Waals surface area contributed by atoms with Gasteiger partial charge in [0.05, 0.1) is 0 Å². The molecule has 1 heteroatoms. The second-order valence-corrected chi connectivity index (χ2v) is 2.86. The van der Waals surface area contributed by atoms with E-state index < -0.39 is 0 Å². The monoisotopic (exact) mass is 129 g/mol. The molecule has 8 heavy (non-hydrogen) atoms. The van der Waals surface area contributed by atoms with Crippen molar-refractivity contribution >= 4 is 11.8 Å². The molecule has 0 spiro atoms. The van der Waals surface area contributed by atoms with Gasteiger partial charge in [0.25, 0.3) is 0 Å². The predicted molar refractivity (Wildman–Crippen MR) is 42.1 cm³/mol. The third-order valence-electron chi connectivity index (χ3n) is 1.03. The maximum atomic E-state index is 3.91. The summed E-state index contributed by atoms with van der Waals surface area (Å²) in [4.78, 5) is 0. The lowest BCUT2D eigenvalue weighted by atomic mass is 10.2. The average molecular weight is 129 g/mol. The number of thioether (sulfide) groups is 1. The van der Waals surface area contributed by atoms with Gasteiger partial charge in [-0.05, 0) is 26.0 Å². The molecule has 0 saturated carbocycles. The summed E-state index contributed by atoms with van der Waals surface area (Å²) in [6.07, 6.45) is 6.27. The Balaban J connectivity index is 2.97. The Morgan fingerprint density at radius 3 is 2.75 bits per heavy atom. The standard InChI is InChI=1S/C7H13S/c1-4-5-6-7(2)8-3/h4,7H,1-2,5-6H2,3H3. The summed E-state index contributed by atoms with van der Waals surface area (Å²) in [6, 6.07) is 0. The maximum Gasteiger partial charge on any atom is 0.00476 e. The zero-order valence-electron chi connectivity index (χ0n) is 5.39. The van der Waals surface area contributed by atoms with Crippen molar-refractivity contribution in [3.05, 3.63) is 19.6 Å². The van der Waals surface area contributed by atoms with E-state index in [0.29, 0.717) is 5.25 Å². The molecule has 0 rings (SSSR count). The van der Waals surface area contributed by atoms with Crippen LogP contribution >= 0.6 is 11.8 Å². The van der Waals surface area contributed by atoms with Gasteiger partial charge in [-0.1, -0.05) is 6.08 Å².